The zero-order valence-corrected chi connectivity index (χ0v) is 18.5. The zero-order chi connectivity index (χ0) is 23.1. The Morgan fingerprint density at radius 2 is 1.61 bits per heavy atom. The molecule has 1 amide bonds. The summed E-state index contributed by atoms with van der Waals surface area (Å²) in [7, 11) is 0. The summed E-state index contributed by atoms with van der Waals surface area (Å²) in [5.74, 6) is -0.600. The highest BCUT2D eigenvalue weighted by atomic mass is 19.1. The van der Waals surface area contributed by atoms with Crippen LogP contribution >= 0.6 is 0 Å². The summed E-state index contributed by atoms with van der Waals surface area (Å²) in [6.07, 6.45) is 10.1. The fraction of sp³-hybridized carbons (Fsp3) is 0.286. The lowest BCUT2D eigenvalue weighted by molar-refractivity contribution is -0.116. The minimum Gasteiger partial charge on any atom is -0.353 e. The molecule has 1 saturated carbocycles. The van der Waals surface area contributed by atoms with Gasteiger partial charge in [0.1, 0.15) is 11.6 Å². The lowest BCUT2D eigenvalue weighted by Gasteiger charge is -2.18. The Labute approximate surface area is 193 Å². The van der Waals surface area contributed by atoms with Gasteiger partial charge in [-0.05, 0) is 85.2 Å². The lowest BCUT2D eigenvalue weighted by atomic mass is 9.85. The summed E-state index contributed by atoms with van der Waals surface area (Å²) >= 11 is 0. The number of unbranched alkanes of at least 4 members (excludes halogenated alkanes) is 2. The normalized spacial score (nSPS) is 16.6. The van der Waals surface area contributed by atoms with E-state index >= 15 is 0 Å². The summed E-state index contributed by atoms with van der Waals surface area (Å²) < 4.78 is 26.9. The van der Waals surface area contributed by atoms with E-state index in [1.54, 1.807) is 30.3 Å². The topological polar surface area (TPSA) is 42.0 Å². The molecule has 0 saturated heterocycles. The van der Waals surface area contributed by atoms with Gasteiger partial charge in [-0.1, -0.05) is 42.8 Å². The Bertz CT molecular complexity index is 1030. The highest BCUT2D eigenvalue weighted by Crippen LogP contribution is 2.59. The quantitative estimate of drug-likeness (QED) is 0.318. The number of aromatic nitrogens is 1. The number of carbonyl (C=O) groups excluding carboxylic acids is 1. The summed E-state index contributed by atoms with van der Waals surface area (Å²) in [5.41, 5.74) is 2.68. The molecule has 0 radical (unpaired) electrons. The summed E-state index contributed by atoms with van der Waals surface area (Å²) in [5, 5.41) is 2.95. The SMILES string of the molecule is O=C(C=C[C@@H]1CC1(c1ccc(F)cc1)c1ccc(F)cc1)NCCCCCc1ccccn1. The predicted octanol–water partition coefficient (Wildman–Crippen LogP) is 5.75. The number of hydrogen-bond acceptors (Lipinski definition) is 2. The van der Waals surface area contributed by atoms with Crippen LogP contribution in [0.25, 0.3) is 0 Å². The maximum absolute atomic E-state index is 13.5. The molecule has 1 fully saturated rings. The number of aryl methyl sites for hydroxylation is 1. The Morgan fingerprint density at radius 3 is 2.21 bits per heavy atom. The molecule has 170 valence electrons. The van der Waals surface area contributed by atoms with Crippen molar-refractivity contribution in [2.45, 2.75) is 37.5 Å². The average molecular weight is 447 g/mol. The van der Waals surface area contributed by atoms with E-state index in [-0.39, 0.29) is 28.9 Å². The Hall–Kier alpha value is -3.34. The van der Waals surface area contributed by atoms with E-state index in [0.29, 0.717) is 6.54 Å². The van der Waals surface area contributed by atoms with E-state index in [0.717, 1.165) is 48.9 Å². The van der Waals surface area contributed by atoms with Crippen molar-refractivity contribution < 1.29 is 13.6 Å². The number of nitrogens with zero attached hydrogens (tertiary/aromatic N) is 1. The second-order valence-electron chi connectivity index (χ2n) is 8.58. The summed E-state index contributed by atoms with van der Waals surface area (Å²) in [4.78, 5) is 16.6. The van der Waals surface area contributed by atoms with Crippen molar-refractivity contribution in [3.8, 4) is 0 Å². The molecule has 1 heterocycles. The van der Waals surface area contributed by atoms with Gasteiger partial charge < -0.3 is 5.32 Å². The summed E-state index contributed by atoms with van der Waals surface area (Å²) in [6.45, 7) is 0.636. The number of pyridine rings is 1. The van der Waals surface area contributed by atoms with E-state index in [2.05, 4.69) is 10.3 Å². The van der Waals surface area contributed by atoms with Crippen molar-refractivity contribution >= 4 is 5.91 Å². The van der Waals surface area contributed by atoms with Crippen molar-refractivity contribution in [3.63, 3.8) is 0 Å². The number of amides is 1. The molecule has 3 aromatic rings. The summed E-state index contributed by atoms with van der Waals surface area (Å²) in [6, 6.07) is 18.8. The van der Waals surface area contributed by atoms with E-state index in [4.69, 9.17) is 0 Å². The van der Waals surface area contributed by atoms with Crippen LogP contribution in [0.15, 0.2) is 85.1 Å². The van der Waals surface area contributed by atoms with Crippen molar-refractivity contribution in [3.05, 3.63) is 114 Å². The Kier molecular flexibility index (Phi) is 7.28. The molecule has 1 aromatic heterocycles. The van der Waals surface area contributed by atoms with Gasteiger partial charge in [-0.2, -0.15) is 0 Å². The van der Waals surface area contributed by atoms with Crippen molar-refractivity contribution in [1.82, 2.24) is 10.3 Å². The third kappa shape index (κ3) is 5.72. The van der Waals surface area contributed by atoms with Crippen LogP contribution in [-0.2, 0) is 16.6 Å². The van der Waals surface area contributed by atoms with Gasteiger partial charge in [0.15, 0.2) is 0 Å². The first-order valence-electron chi connectivity index (χ1n) is 11.5. The van der Waals surface area contributed by atoms with Crippen molar-refractivity contribution in [1.29, 1.82) is 0 Å². The van der Waals surface area contributed by atoms with Crippen LogP contribution < -0.4 is 5.32 Å². The number of allylic oxidation sites excluding steroid dienone is 1. The van der Waals surface area contributed by atoms with E-state index in [1.807, 2.05) is 30.5 Å². The molecular formula is C28H28F2N2O. The molecule has 1 N–H and O–H groups in total. The van der Waals surface area contributed by atoms with Gasteiger partial charge >= 0.3 is 0 Å². The van der Waals surface area contributed by atoms with Crippen LogP contribution in [0.5, 0.6) is 0 Å². The van der Waals surface area contributed by atoms with Crippen LogP contribution in [0.2, 0.25) is 0 Å². The molecule has 4 rings (SSSR count). The van der Waals surface area contributed by atoms with Crippen molar-refractivity contribution in [2.75, 3.05) is 6.54 Å². The monoisotopic (exact) mass is 446 g/mol. The first kappa shape index (κ1) is 22.8. The molecule has 0 aliphatic heterocycles. The van der Waals surface area contributed by atoms with Gasteiger partial charge in [0.2, 0.25) is 5.91 Å². The zero-order valence-electron chi connectivity index (χ0n) is 18.5. The highest BCUT2D eigenvalue weighted by molar-refractivity contribution is 5.87. The number of carbonyl (C=O) groups is 1. The Balaban J connectivity index is 1.29. The van der Waals surface area contributed by atoms with Crippen LogP contribution in [0.3, 0.4) is 0 Å². The molecule has 1 aliphatic carbocycles. The largest absolute Gasteiger partial charge is 0.353 e. The van der Waals surface area contributed by atoms with Gasteiger partial charge in [0, 0.05) is 23.9 Å². The molecule has 1 atom stereocenters. The van der Waals surface area contributed by atoms with E-state index < -0.39 is 0 Å². The van der Waals surface area contributed by atoms with E-state index in [9.17, 15) is 13.6 Å². The molecule has 33 heavy (non-hydrogen) atoms. The number of nitrogens with one attached hydrogen (secondary N) is 1. The van der Waals surface area contributed by atoms with Crippen LogP contribution in [-0.4, -0.2) is 17.4 Å². The first-order chi connectivity index (χ1) is 16.1. The third-order valence-corrected chi connectivity index (χ3v) is 6.35. The minimum atomic E-state index is -0.357. The second-order valence-corrected chi connectivity index (χ2v) is 8.58. The molecule has 0 unspecified atom stereocenters. The molecular weight excluding hydrogens is 418 g/mol. The van der Waals surface area contributed by atoms with Crippen LogP contribution in [0.4, 0.5) is 8.78 Å². The predicted molar refractivity (Wildman–Crippen MR) is 126 cm³/mol. The molecule has 5 heteroatoms. The maximum Gasteiger partial charge on any atom is 0.243 e. The van der Waals surface area contributed by atoms with Gasteiger partial charge in [-0.15, -0.1) is 0 Å². The molecule has 3 nitrogen and oxygen atoms in total. The van der Waals surface area contributed by atoms with Gasteiger partial charge in [0.05, 0.1) is 0 Å². The van der Waals surface area contributed by atoms with Gasteiger partial charge in [0.25, 0.3) is 0 Å². The molecule has 0 bridgehead atoms. The maximum atomic E-state index is 13.5. The van der Waals surface area contributed by atoms with Crippen molar-refractivity contribution in [2.24, 2.45) is 5.92 Å². The number of hydrogen-bond donors (Lipinski definition) is 1. The van der Waals surface area contributed by atoms with Gasteiger partial charge in [-0.3, -0.25) is 9.78 Å². The van der Waals surface area contributed by atoms with Gasteiger partial charge in [-0.25, -0.2) is 8.78 Å². The number of rotatable bonds is 10. The number of benzene rings is 2. The smallest absolute Gasteiger partial charge is 0.243 e. The van der Waals surface area contributed by atoms with E-state index in [1.165, 1.54) is 24.3 Å². The molecule has 1 aliphatic rings. The standard InChI is InChI=1S/C28H28F2N2O/c29-24-13-8-21(9-14-24)28(22-10-15-25(30)16-11-22)20-23(28)12-17-27(33)32-19-4-1-2-6-26-7-3-5-18-31-26/h3,5,7-18,23H,1-2,4,6,19-20H2,(H,32,33)/t23-/m1/s1. The first-order valence-corrected chi connectivity index (χ1v) is 11.5. The fourth-order valence-electron chi connectivity index (χ4n) is 4.47. The lowest BCUT2D eigenvalue weighted by Crippen LogP contribution is -2.22. The molecule has 2 aromatic carbocycles. The number of halogens is 2. The Morgan fingerprint density at radius 1 is 0.939 bits per heavy atom. The average Bonchev–Trinajstić information content (AvgIpc) is 3.57. The van der Waals surface area contributed by atoms with Crippen LogP contribution in [0.1, 0.15) is 42.5 Å². The third-order valence-electron chi connectivity index (χ3n) is 6.35. The minimum absolute atomic E-state index is 0.0949. The fourth-order valence-corrected chi connectivity index (χ4v) is 4.47. The highest BCUT2D eigenvalue weighted by Gasteiger charge is 2.55. The molecule has 0 spiro atoms. The second kappa shape index (κ2) is 10.5. The van der Waals surface area contributed by atoms with Crippen LogP contribution in [0, 0.1) is 17.6 Å².